The first-order valence-corrected chi connectivity index (χ1v) is 9.85. The van der Waals surface area contributed by atoms with E-state index in [0.717, 1.165) is 15.6 Å². The predicted octanol–water partition coefficient (Wildman–Crippen LogP) is 5.25. The van der Waals surface area contributed by atoms with E-state index >= 15 is 0 Å². The second-order valence-corrected chi connectivity index (χ2v) is 7.21. The zero-order valence-corrected chi connectivity index (χ0v) is 17.2. The Bertz CT molecular complexity index is 1040. The van der Waals surface area contributed by atoms with Gasteiger partial charge in [-0.1, -0.05) is 76.6 Å². The van der Waals surface area contributed by atoms with Gasteiger partial charge in [-0.2, -0.15) is 5.26 Å². The van der Waals surface area contributed by atoms with E-state index in [1.807, 2.05) is 84.9 Å². The SMILES string of the molecule is N#C/C(=C/c1cc(Br)ccc1OCc1ccccc1)C(=O)NCc1ccccc1. The van der Waals surface area contributed by atoms with Crippen molar-refractivity contribution in [1.29, 1.82) is 5.26 Å². The second kappa shape index (κ2) is 10.3. The highest BCUT2D eigenvalue weighted by atomic mass is 79.9. The normalized spacial score (nSPS) is 10.8. The van der Waals surface area contributed by atoms with Gasteiger partial charge in [0.2, 0.25) is 0 Å². The van der Waals surface area contributed by atoms with E-state index in [-0.39, 0.29) is 5.57 Å². The molecule has 0 fully saturated rings. The van der Waals surface area contributed by atoms with Gasteiger partial charge in [0.05, 0.1) is 0 Å². The van der Waals surface area contributed by atoms with Crippen LogP contribution in [0.5, 0.6) is 5.75 Å². The van der Waals surface area contributed by atoms with E-state index in [9.17, 15) is 10.1 Å². The van der Waals surface area contributed by atoms with Crippen molar-refractivity contribution in [2.75, 3.05) is 0 Å². The predicted molar refractivity (Wildman–Crippen MR) is 117 cm³/mol. The van der Waals surface area contributed by atoms with Gasteiger partial charge in [0, 0.05) is 16.6 Å². The third kappa shape index (κ3) is 6.06. The van der Waals surface area contributed by atoms with E-state index in [4.69, 9.17) is 4.74 Å². The van der Waals surface area contributed by atoms with Crippen LogP contribution in [0.4, 0.5) is 0 Å². The minimum Gasteiger partial charge on any atom is -0.488 e. The van der Waals surface area contributed by atoms with Gasteiger partial charge in [0.15, 0.2) is 0 Å². The summed E-state index contributed by atoms with van der Waals surface area (Å²) in [6, 6.07) is 26.8. The van der Waals surface area contributed by atoms with Gasteiger partial charge in [-0.15, -0.1) is 0 Å². The number of halogens is 1. The molecule has 4 nitrogen and oxygen atoms in total. The standard InChI is InChI=1S/C24H19BrN2O2/c25-22-11-12-23(29-17-19-9-5-2-6-10-19)20(14-22)13-21(15-26)24(28)27-16-18-7-3-1-4-8-18/h1-14H,16-17H2,(H,27,28)/b21-13-. The first-order chi connectivity index (χ1) is 14.2. The summed E-state index contributed by atoms with van der Waals surface area (Å²) in [5.41, 5.74) is 2.67. The number of nitrogens with zero attached hydrogens (tertiary/aromatic N) is 1. The van der Waals surface area contributed by atoms with E-state index in [1.54, 1.807) is 6.08 Å². The molecule has 0 aliphatic heterocycles. The number of benzene rings is 3. The van der Waals surface area contributed by atoms with Gasteiger partial charge in [-0.25, -0.2) is 0 Å². The minimum atomic E-state index is -0.426. The molecule has 0 bridgehead atoms. The summed E-state index contributed by atoms with van der Waals surface area (Å²) in [4.78, 5) is 12.5. The molecule has 0 aliphatic carbocycles. The highest BCUT2D eigenvalue weighted by Crippen LogP contribution is 2.26. The zero-order valence-electron chi connectivity index (χ0n) is 15.6. The Hall–Kier alpha value is -3.36. The number of carbonyl (C=O) groups excluding carboxylic acids is 1. The topological polar surface area (TPSA) is 62.1 Å². The fourth-order valence-electron chi connectivity index (χ4n) is 2.68. The lowest BCUT2D eigenvalue weighted by atomic mass is 10.1. The van der Waals surface area contributed by atoms with Crippen LogP contribution in [0.3, 0.4) is 0 Å². The Labute approximate surface area is 178 Å². The highest BCUT2D eigenvalue weighted by Gasteiger charge is 2.11. The summed E-state index contributed by atoms with van der Waals surface area (Å²) in [6.45, 7) is 0.750. The van der Waals surface area contributed by atoms with Crippen LogP contribution in [0, 0.1) is 11.3 Å². The molecular formula is C24H19BrN2O2. The monoisotopic (exact) mass is 446 g/mol. The molecular weight excluding hydrogens is 428 g/mol. The molecule has 1 N–H and O–H groups in total. The second-order valence-electron chi connectivity index (χ2n) is 6.29. The van der Waals surface area contributed by atoms with Gasteiger partial charge in [0.25, 0.3) is 5.91 Å². The number of nitrogens with one attached hydrogen (secondary N) is 1. The van der Waals surface area contributed by atoms with Crippen molar-refractivity contribution in [2.24, 2.45) is 0 Å². The van der Waals surface area contributed by atoms with Crippen molar-refractivity contribution in [2.45, 2.75) is 13.2 Å². The van der Waals surface area contributed by atoms with Crippen molar-refractivity contribution in [3.8, 4) is 11.8 Å². The van der Waals surface area contributed by atoms with Crippen molar-refractivity contribution in [1.82, 2.24) is 5.32 Å². The van der Waals surface area contributed by atoms with Gasteiger partial charge >= 0.3 is 0 Å². The molecule has 144 valence electrons. The average molecular weight is 447 g/mol. The molecule has 0 atom stereocenters. The van der Waals surface area contributed by atoms with E-state index < -0.39 is 5.91 Å². The number of amides is 1. The number of hydrogen-bond donors (Lipinski definition) is 1. The summed E-state index contributed by atoms with van der Waals surface area (Å²) in [5.74, 6) is 0.172. The molecule has 0 aromatic heterocycles. The Balaban J connectivity index is 1.76. The van der Waals surface area contributed by atoms with Crippen molar-refractivity contribution < 1.29 is 9.53 Å². The van der Waals surface area contributed by atoms with Crippen LogP contribution < -0.4 is 10.1 Å². The summed E-state index contributed by atoms with van der Waals surface area (Å²) in [6.07, 6.45) is 1.55. The average Bonchev–Trinajstić information content (AvgIpc) is 2.76. The maximum atomic E-state index is 12.5. The number of rotatable bonds is 7. The quantitative estimate of drug-likeness (QED) is 0.398. The lowest BCUT2D eigenvalue weighted by molar-refractivity contribution is -0.117. The third-order valence-electron chi connectivity index (χ3n) is 4.17. The van der Waals surface area contributed by atoms with Crippen LogP contribution >= 0.6 is 15.9 Å². The lowest BCUT2D eigenvalue weighted by Crippen LogP contribution is -2.23. The van der Waals surface area contributed by atoms with E-state index in [2.05, 4.69) is 21.2 Å². The maximum Gasteiger partial charge on any atom is 0.262 e. The van der Waals surface area contributed by atoms with Crippen LogP contribution in [0.15, 0.2) is 88.9 Å². The number of nitriles is 1. The van der Waals surface area contributed by atoms with Gasteiger partial charge in [-0.3, -0.25) is 4.79 Å². The smallest absolute Gasteiger partial charge is 0.262 e. The largest absolute Gasteiger partial charge is 0.488 e. The summed E-state index contributed by atoms with van der Waals surface area (Å²) in [5, 5.41) is 12.3. The fourth-order valence-corrected chi connectivity index (χ4v) is 3.06. The molecule has 3 aromatic carbocycles. The Kier molecular flexibility index (Phi) is 7.21. The van der Waals surface area contributed by atoms with Crippen LogP contribution in [-0.2, 0) is 17.9 Å². The minimum absolute atomic E-state index is 0.0172. The zero-order chi connectivity index (χ0) is 20.5. The summed E-state index contributed by atoms with van der Waals surface area (Å²) in [7, 11) is 0. The molecule has 0 unspecified atom stereocenters. The van der Waals surface area contributed by atoms with Crippen LogP contribution in [-0.4, -0.2) is 5.91 Å². The molecule has 0 aliphatic rings. The molecule has 5 heteroatoms. The highest BCUT2D eigenvalue weighted by molar-refractivity contribution is 9.10. The first-order valence-electron chi connectivity index (χ1n) is 9.06. The van der Waals surface area contributed by atoms with E-state index in [1.165, 1.54) is 0 Å². The molecule has 29 heavy (non-hydrogen) atoms. The van der Waals surface area contributed by atoms with Crippen molar-refractivity contribution in [3.63, 3.8) is 0 Å². The van der Waals surface area contributed by atoms with Gasteiger partial charge < -0.3 is 10.1 Å². The Morgan fingerprint density at radius 3 is 2.31 bits per heavy atom. The Morgan fingerprint density at radius 1 is 1.00 bits per heavy atom. The van der Waals surface area contributed by atoms with Crippen LogP contribution in [0.25, 0.3) is 6.08 Å². The van der Waals surface area contributed by atoms with Gasteiger partial charge in [0.1, 0.15) is 24.0 Å². The molecule has 0 saturated heterocycles. The lowest BCUT2D eigenvalue weighted by Gasteiger charge is -2.11. The maximum absolute atomic E-state index is 12.5. The van der Waals surface area contributed by atoms with Gasteiger partial charge in [-0.05, 0) is 35.4 Å². The van der Waals surface area contributed by atoms with Crippen LogP contribution in [0.2, 0.25) is 0 Å². The van der Waals surface area contributed by atoms with Crippen molar-refractivity contribution >= 4 is 27.9 Å². The fraction of sp³-hybridized carbons (Fsp3) is 0.0833. The number of ether oxygens (including phenoxy) is 1. The molecule has 0 radical (unpaired) electrons. The molecule has 3 aromatic rings. The third-order valence-corrected chi connectivity index (χ3v) is 4.66. The molecule has 1 amide bonds. The number of carbonyl (C=O) groups is 1. The molecule has 0 heterocycles. The Morgan fingerprint density at radius 2 is 1.66 bits per heavy atom. The molecule has 0 saturated carbocycles. The summed E-state index contributed by atoms with van der Waals surface area (Å²) >= 11 is 3.43. The first kappa shape index (κ1) is 20.4. The van der Waals surface area contributed by atoms with E-state index in [0.29, 0.717) is 24.5 Å². The van der Waals surface area contributed by atoms with Crippen molar-refractivity contribution in [3.05, 3.63) is 106 Å². The summed E-state index contributed by atoms with van der Waals surface area (Å²) < 4.78 is 6.76. The van der Waals surface area contributed by atoms with Crippen LogP contribution in [0.1, 0.15) is 16.7 Å². The molecule has 0 spiro atoms. The molecule has 3 rings (SSSR count). The number of hydrogen-bond acceptors (Lipinski definition) is 3.